The van der Waals surface area contributed by atoms with E-state index in [0.29, 0.717) is 27.0 Å². The summed E-state index contributed by atoms with van der Waals surface area (Å²) in [6, 6.07) is 6.51. The molecule has 1 N–H and O–H groups in total. The van der Waals surface area contributed by atoms with Crippen LogP contribution >= 0.6 is 23.2 Å². The summed E-state index contributed by atoms with van der Waals surface area (Å²) in [6.07, 6.45) is 2.92. The molecule has 1 aromatic heterocycles. The van der Waals surface area contributed by atoms with E-state index in [9.17, 15) is 4.79 Å². The van der Waals surface area contributed by atoms with E-state index in [4.69, 9.17) is 27.9 Å². The third-order valence-corrected chi connectivity index (χ3v) is 3.05. The Balaban J connectivity index is 2.20. The van der Waals surface area contributed by atoms with Gasteiger partial charge in [-0.15, -0.1) is 0 Å². The van der Waals surface area contributed by atoms with Crippen LogP contribution in [0.5, 0.6) is 5.75 Å². The molecular formula is C13H10Cl2N2O2. The van der Waals surface area contributed by atoms with Crippen molar-refractivity contribution >= 4 is 34.8 Å². The van der Waals surface area contributed by atoms with Crippen molar-refractivity contribution in [2.24, 2.45) is 0 Å². The predicted octanol–water partition coefficient (Wildman–Crippen LogP) is 3.65. The van der Waals surface area contributed by atoms with Gasteiger partial charge in [0.25, 0.3) is 5.91 Å². The molecule has 19 heavy (non-hydrogen) atoms. The normalized spacial score (nSPS) is 10.1. The second-order valence-electron chi connectivity index (χ2n) is 3.66. The van der Waals surface area contributed by atoms with Gasteiger partial charge in [0, 0.05) is 18.1 Å². The molecule has 1 aromatic carbocycles. The summed E-state index contributed by atoms with van der Waals surface area (Å²) in [5, 5.41) is 3.44. The van der Waals surface area contributed by atoms with Gasteiger partial charge in [-0.3, -0.25) is 9.78 Å². The number of pyridine rings is 1. The molecule has 0 saturated heterocycles. The lowest BCUT2D eigenvalue weighted by Crippen LogP contribution is -2.12. The van der Waals surface area contributed by atoms with E-state index >= 15 is 0 Å². The fraction of sp³-hybridized carbons (Fsp3) is 0.0769. The molecule has 0 aliphatic heterocycles. The van der Waals surface area contributed by atoms with E-state index in [0.717, 1.165) is 0 Å². The smallest absolute Gasteiger partial charge is 0.258 e. The summed E-state index contributed by atoms with van der Waals surface area (Å²) in [5.41, 5.74) is 0.854. The first-order chi connectivity index (χ1) is 9.11. The Morgan fingerprint density at radius 1 is 1.26 bits per heavy atom. The first-order valence-electron chi connectivity index (χ1n) is 5.36. The number of aromatic nitrogens is 1. The third-order valence-electron chi connectivity index (χ3n) is 2.42. The van der Waals surface area contributed by atoms with Gasteiger partial charge in [-0.1, -0.05) is 23.2 Å². The maximum atomic E-state index is 12.0. The molecule has 0 bridgehead atoms. The number of amides is 1. The number of halogens is 2. The molecule has 0 unspecified atom stereocenters. The monoisotopic (exact) mass is 296 g/mol. The average molecular weight is 297 g/mol. The number of benzene rings is 1. The molecule has 1 amide bonds. The predicted molar refractivity (Wildman–Crippen MR) is 75.2 cm³/mol. The van der Waals surface area contributed by atoms with Gasteiger partial charge >= 0.3 is 0 Å². The minimum atomic E-state index is -0.348. The van der Waals surface area contributed by atoms with Crippen molar-refractivity contribution in [3.63, 3.8) is 0 Å². The zero-order chi connectivity index (χ0) is 13.8. The van der Waals surface area contributed by atoms with Gasteiger partial charge < -0.3 is 10.1 Å². The average Bonchev–Trinajstić information content (AvgIpc) is 2.39. The highest BCUT2D eigenvalue weighted by atomic mass is 35.5. The number of anilines is 1. The molecule has 4 nitrogen and oxygen atoms in total. The number of hydrogen-bond donors (Lipinski definition) is 1. The lowest BCUT2D eigenvalue weighted by Gasteiger charge is -2.08. The van der Waals surface area contributed by atoms with Crippen LogP contribution in [-0.4, -0.2) is 18.0 Å². The summed E-state index contributed by atoms with van der Waals surface area (Å²) >= 11 is 11.9. The van der Waals surface area contributed by atoms with Crippen molar-refractivity contribution < 1.29 is 9.53 Å². The Morgan fingerprint density at radius 3 is 2.68 bits per heavy atom. The number of nitrogens with one attached hydrogen (secondary N) is 1. The van der Waals surface area contributed by atoms with E-state index < -0.39 is 0 Å². The van der Waals surface area contributed by atoms with Crippen molar-refractivity contribution in [1.29, 1.82) is 0 Å². The van der Waals surface area contributed by atoms with Crippen LogP contribution in [0.2, 0.25) is 10.0 Å². The second kappa shape index (κ2) is 5.91. The molecule has 0 saturated carbocycles. The van der Waals surface area contributed by atoms with Crippen LogP contribution in [0.25, 0.3) is 0 Å². The molecule has 0 aliphatic rings. The first-order valence-corrected chi connectivity index (χ1v) is 6.12. The Labute approximate surface area is 120 Å². The van der Waals surface area contributed by atoms with E-state index in [1.807, 2.05) is 0 Å². The van der Waals surface area contributed by atoms with E-state index in [1.54, 1.807) is 24.3 Å². The quantitative estimate of drug-likeness (QED) is 0.940. The maximum absolute atomic E-state index is 12.0. The molecular weight excluding hydrogens is 287 g/mol. The summed E-state index contributed by atoms with van der Waals surface area (Å²) in [7, 11) is 1.52. The van der Waals surface area contributed by atoms with Crippen molar-refractivity contribution in [2.75, 3.05) is 12.4 Å². The van der Waals surface area contributed by atoms with E-state index in [2.05, 4.69) is 10.3 Å². The standard InChI is InChI=1S/C13H10Cl2N2O2/c1-19-12-3-2-8(6-11(12)15)17-13(18)9-7-16-5-4-10(9)14/h2-7H,1H3,(H,17,18). The fourth-order valence-electron chi connectivity index (χ4n) is 1.49. The van der Waals surface area contributed by atoms with Crippen LogP contribution in [-0.2, 0) is 0 Å². The van der Waals surface area contributed by atoms with Gasteiger partial charge in [0.15, 0.2) is 0 Å². The van der Waals surface area contributed by atoms with Crippen LogP contribution in [0.1, 0.15) is 10.4 Å². The summed E-state index contributed by atoms with van der Waals surface area (Å²) < 4.78 is 5.03. The third kappa shape index (κ3) is 3.16. The molecule has 2 aromatic rings. The van der Waals surface area contributed by atoms with Gasteiger partial charge in [-0.2, -0.15) is 0 Å². The van der Waals surface area contributed by atoms with Gasteiger partial charge in [-0.25, -0.2) is 0 Å². The SMILES string of the molecule is COc1ccc(NC(=O)c2cnccc2Cl)cc1Cl. The van der Waals surface area contributed by atoms with Crippen molar-refractivity contribution in [2.45, 2.75) is 0 Å². The van der Waals surface area contributed by atoms with Gasteiger partial charge in [0.1, 0.15) is 5.75 Å². The molecule has 6 heteroatoms. The van der Waals surface area contributed by atoms with E-state index in [-0.39, 0.29) is 5.91 Å². The van der Waals surface area contributed by atoms with Crippen LogP contribution < -0.4 is 10.1 Å². The summed E-state index contributed by atoms with van der Waals surface area (Å²) in [5.74, 6) is 0.193. The van der Waals surface area contributed by atoms with E-state index in [1.165, 1.54) is 19.5 Å². The number of carbonyl (C=O) groups is 1. The first kappa shape index (κ1) is 13.6. The number of hydrogen-bond acceptors (Lipinski definition) is 3. The van der Waals surface area contributed by atoms with Crippen molar-refractivity contribution in [3.05, 3.63) is 52.3 Å². The van der Waals surface area contributed by atoms with Gasteiger partial charge in [0.05, 0.1) is 22.7 Å². The second-order valence-corrected chi connectivity index (χ2v) is 4.47. The lowest BCUT2D eigenvalue weighted by atomic mass is 10.2. The molecule has 0 atom stereocenters. The fourth-order valence-corrected chi connectivity index (χ4v) is 1.94. The topological polar surface area (TPSA) is 51.2 Å². The number of carbonyl (C=O) groups excluding carboxylic acids is 1. The molecule has 0 radical (unpaired) electrons. The maximum Gasteiger partial charge on any atom is 0.258 e. The number of methoxy groups -OCH3 is 1. The highest BCUT2D eigenvalue weighted by molar-refractivity contribution is 6.34. The highest BCUT2D eigenvalue weighted by Crippen LogP contribution is 2.27. The van der Waals surface area contributed by atoms with Crippen LogP contribution in [0.4, 0.5) is 5.69 Å². The number of rotatable bonds is 3. The van der Waals surface area contributed by atoms with Crippen LogP contribution in [0.15, 0.2) is 36.7 Å². The molecule has 0 aliphatic carbocycles. The number of ether oxygens (including phenoxy) is 1. The zero-order valence-electron chi connectivity index (χ0n) is 9.98. The molecule has 1 heterocycles. The molecule has 0 fully saturated rings. The Bertz CT molecular complexity index is 617. The molecule has 2 rings (SSSR count). The Morgan fingerprint density at radius 2 is 2.05 bits per heavy atom. The lowest BCUT2D eigenvalue weighted by molar-refractivity contribution is 0.102. The highest BCUT2D eigenvalue weighted by Gasteiger charge is 2.11. The van der Waals surface area contributed by atoms with Crippen molar-refractivity contribution in [3.8, 4) is 5.75 Å². The molecule has 0 spiro atoms. The van der Waals surface area contributed by atoms with Crippen LogP contribution in [0.3, 0.4) is 0 Å². The van der Waals surface area contributed by atoms with Crippen molar-refractivity contribution in [1.82, 2.24) is 4.98 Å². The van der Waals surface area contributed by atoms with Gasteiger partial charge in [-0.05, 0) is 24.3 Å². The summed E-state index contributed by atoms with van der Waals surface area (Å²) in [4.78, 5) is 15.9. The Kier molecular flexibility index (Phi) is 4.24. The zero-order valence-corrected chi connectivity index (χ0v) is 11.5. The van der Waals surface area contributed by atoms with Gasteiger partial charge in [0.2, 0.25) is 0 Å². The minimum Gasteiger partial charge on any atom is -0.495 e. The largest absolute Gasteiger partial charge is 0.495 e. The number of nitrogens with zero attached hydrogens (tertiary/aromatic N) is 1. The minimum absolute atomic E-state index is 0.302. The van der Waals surface area contributed by atoms with Crippen LogP contribution in [0, 0.1) is 0 Å². The Hall–Kier alpha value is -1.78. The summed E-state index contributed by atoms with van der Waals surface area (Å²) in [6.45, 7) is 0. The molecule has 98 valence electrons.